The molecule has 0 aliphatic carbocycles. The van der Waals surface area contributed by atoms with Gasteiger partial charge in [0, 0.05) is 17.0 Å². The van der Waals surface area contributed by atoms with Crippen LogP contribution in [0.3, 0.4) is 0 Å². The third-order valence-electron chi connectivity index (χ3n) is 4.09. The van der Waals surface area contributed by atoms with Crippen LogP contribution in [0.2, 0.25) is 0 Å². The third-order valence-corrected chi connectivity index (χ3v) is 5.03. The zero-order valence-electron chi connectivity index (χ0n) is 14.7. The van der Waals surface area contributed by atoms with Crippen molar-refractivity contribution in [3.05, 3.63) is 65.2 Å². The Bertz CT molecular complexity index is 737. The molecule has 0 atom stereocenters. The lowest BCUT2D eigenvalue weighted by atomic mass is 9.85. The highest BCUT2D eigenvalue weighted by Crippen LogP contribution is 2.25. The molecule has 5 heteroatoms. The number of hydrogen-bond donors (Lipinski definition) is 2. The van der Waals surface area contributed by atoms with Crippen molar-refractivity contribution < 1.29 is 14.7 Å². The second kappa shape index (κ2) is 8.21. The van der Waals surface area contributed by atoms with E-state index in [1.807, 2.05) is 36.0 Å². The summed E-state index contributed by atoms with van der Waals surface area (Å²) in [6.45, 7) is 5.43. The van der Waals surface area contributed by atoms with Crippen LogP contribution in [0.25, 0.3) is 0 Å². The highest BCUT2D eigenvalue weighted by atomic mass is 32.2. The van der Waals surface area contributed by atoms with Crippen molar-refractivity contribution in [3.8, 4) is 0 Å². The van der Waals surface area contributed by atoms with Gasteiger partial charge >= 0.3 is 5.97 Å². The summed E-state index contributed by atoms with van der Waals surface area (Å²) in [5.74, 6) is 0.946. The summed E-state index contributed by atoms with van der Waals surface area (Å²) in [6.07, 6.45) is 0. The van der Waals surface area contributed by atoms with Crippen molar-refractivity contribution in [1.29, 1.82) is 0 Å². The topological polar surface area (TPSA) is 66.4 Å². The molecule has 0 radical (unpaired) electrons. The van der Waals surface area contributed by atoms with Crippen LogP contribution < -0.4 is 5.32 Å². The number of carboxylic acids is 1. The molecule has 0 unspecified atom stereocenters. The molecule has 25 heavy (non-hydrogen) atoms. The molecule has 132 valence electrons. The zero-order valence-corrected chi connectivity index (χ0v) is 15.5. The average molecular weight is 357 g/mol. The predicted octanol–water partition coefficient (Wildman–Crippen LogP) is 4.55. The van der Waals surface area contributed by atoms with Crippen molar-refractivity contribution in [2.45, 2.75) is 31.9 Å². The molecule has 2 rings (SSSR count). The molecule has 0 aliphatic rings. The van der Waals surface area contributed by atoms with Crippen molar-refractivity contribution >= 4 is 29.3 Å². The maximum Gasteiger partial charge on any atom is 0.313 e. The fourth-order valence-electron chi connectivity index (χ4n) is 2.27. The maximum absolute atomic E-state index is 12.3. The van der Waals surface area contributed by atoms with Crippen LogP contribution in [0.1, 0.15) is 42.3 Å². The molecule has 0 aromatic heterocycles. The van der Waals surface area contributed by atoms with Crippen molar-refractivity contribution in [3.63, 3.8) is 0 Å². The van der Waals surface area contributed by atoms with Gasteiger partial charge in [0.1, 0.15) is 0 Å². The van der Waals surface area contributed by atoms with E-state index in [2.05, 4.69) is 12.2 Å². The zero-order chi connectivity index (χ0) is 18.4. The summed E-state index contributed by atoms with van der Waals surface area (Å²) < 4.78 is 0. The number of anilines is 1. The normalized spacial score (nSPS) is 11.2. The highest BCUT2D eigenvalue weighted by molar-refractivity contribution is 7.98. The molecule has 0 spiro atoms. The molecule has 0 saturated carbocycles. The number of rotatable bonds is 7. The first-order valence-corrected chi connectivity index (χ1v) is 9.32. The number of hydrogen-bond acceptors (Lipinski definition) is 3. The average Bonchev–Trinajstić information content (AvgIpc) is 2.60. The minimum Gasteiger partial charge on any atom is -0.481 e. The molecule has 2 aromatic carbocycles. The minimum absolute atomic E-state index is 0.181. The van der Waals surface area contributed by atoms with Crippen LogP contribution in [-0.4, -0.2) is 22.7 Å². The molecule has 0 bridgehead atoms. The Morgan fingerprint density at radius 2 is 1.64 bits per heavy atom. The lowest BCUT2D eigenvalue weighted by molar-refractivity contribution is -0.142. The lowest BCUT2D eigenvalue weighted by Gasteiger charge is -2.19. The standard InChI is InChI=1S/C20H23NO3S/c1-4-25-13-14-5-7-15(8-6-14)18(22)21-17-11-9-16(10-12-17)20(2,3)19(23)24/h5-12H,4,13H2,1-3H3,(H,21,22)(H,23,24). The Hall–Kier alpha value is -2.27. The van der Waals surface area contributed by atoms with E-state index in [0.717, 1.165) is 11.5 Å². The van der Waals surface area contributed by atoms with Crippen LogP contribution in [0.4, 0.5) is 5.69 Å². The first-order valence-electron chi connectivity index (χ1n) is 8.16. The van der Waals surface area contributed by atoms with Crippen LogP contribution in [0.5, 0.6) is 0 Å². The largest absolute Gasteiger partial charge is 0.481 e. The van der Waals surface area contributed by atoms with Crippen molar-refractivity contribution in [1.82, 2.24) is 0 Å². The molecule has 0 heterocycles. The van der Waals surface area contributed by atoms with E-state index in [1.54, 1.807) is 38.1 Å². The second-order valence-electron chi connectivity index (χ2n) is 6.30. The van der Waals surface area contributed by atoms with Crippen LogP contribution >= 0.6 is 11.8 Å². The second-order valence-corrected chi connectivity index (χ2v) is 7.57. The van der Waals surface area contributed by atoms with Gasteiger partial charge in [0.15, 0.2) is 0 Å². The van der Waals surface area contributed by atoms with Gasteiger partial charge < -0.3 is 10.4 Å². The SMILES string of the molecule is CCSCc1ccc(C(=O)Nc2ccc(C(C)(C)C(=O)O)cc2)cc1. The van der Waals surface area contributed by atoms with Crippen LogP contribution in [0, 0.1) is 0 Å². The summed E-state index contributed by atoms with van der Waals surface area (Å²) in [4.78, 5) is 23.6. The van der Waals surface area contributed by atoms with Gasteiger partial charge in [-0.3, -0.25) is 9.59 Å². The first kappa shape index (κ1) is 19.1. The monoisotopic (exact) mass is 357 g/mol. The van der Waals surface area contributed by atoms with Crippen molar-refractivity contribution in [2.24, 2.45) is 0 Å². The van der Waals surface area contributed by atoms with Gasteiger partial charge in [-0.05, 0) is 55.0 Å². The van der Waals surface area contributed by atoms with Gasteiger partial charge in [-0.2, -0.15) is 11.8 Å². The quantitative estimate of drug-likeness (QED) is 0.763. The van der Waals surface area contributed by atoms with E-state index in [0.29, 0.717) is 16.8 Å². The maximum atomic E-state index is 12.3. The molecule has 0 aliphatic heterocycles. The number of amides is 1. The number of thioether (sulfide) groups is 1. The molecule has 0 fully saturated rings. The molecular formula is C20H23NO3S. The van der Waals surface area contributed by atoms with E-state index in [9.17, 15) is 14.7 Å². The van der Waals surface area contributed by atoms with E-state index in [1.165, 1.54) is 5.56 Å². The summed E-state index contributed by atoms with van der Waals surface area (Å²) in [5, 5.41) is 12.1. The fourth-order valence-corrected chi connectivity index (χ4v) is 2.90. The fraction of sp³-hybridized carbons (Fsp3) is 0.300. The smallest absolute Gasteiger partial charge is 0.313 e. The van der Waals surface area contributed by atoms with Crippen LogP contribution in [0.15, 0.2) is 48.5 Å². The summed E-state index contributed by atoms with van der Waals surface area (Å²) in [5.41, 5.74) is 2.16. The Morgan fingerprint density at radius 1 is 1.04 bits per heavy atom. The van der Waals surface area contributed by atoms with E-state index < -0.39 is 11.4 Å². The third kappa shape index (κ3) is 4.86. The molecule has 2 aromatic rings. The number of aliphatic carboxylic acids is 1. The highest BCUT2D eigenvalue weighted by Gasteiger charge is 2.29. The van der Waals surface area contributed by atoms with Gasteiger partial charge in [-0.1, -0.05) is 31.2 Å². The number of carbonyl (C=O) groups is 2. The Kier molecular flexibility index (Phi) is 6.26. The Morgan fingerprint density at radius 3 is 2.16 bits per heavy atom. The van der Waals surface area contributed by atoms with E-state index >= 15 is 0 Å². The van der Waals surface area contributed by atoms with Crippen LogP contribution in [-0.2, 0) is 16.0 Å². The van der Waals surface area contributed by atoms with Gasteiger partial charge in [0.2, 0.25) is 0 Å². The van der Waals surface area contributed by atoms with Gasteiger partial charge in [0.05, 0.1) is 5.41 Å². The summed E-state index contributed by atoms with van der Waals surface area (Å²) >= 11 is 1.84. The van der Waals surface area contributed by atoms with Gasteiger partial charge in [-0.15, -0.1) is 0 Å². The van der Waals surface area contributed by atoms with E-state index in [-0.39, 0.29) is 5.91 Å². The molecular weight excluding hydrogens is 334 g/mol. The Labute approximate surface area is 152 Å². The molecule has 0 saturated heterocycles. The number of carbonyl (C=O) groups excluding carboxylic acids is 1. The van der Waals surface area contributed by atoms with Gasteiger partial charge in [0.25, 0.3) is 5.91 Å². The summed E-state index contributed by atoms with van der Waals surface area (Å²) in [7, 11) is 0. The Balaban J connectivity index is 2.04. The first-order chi connectivity index (χ1) is 11.8. The van der Waals surface area contributed by atoms with Gasteiger partial charge in [-0.25, -0.2) is 0 Å². The molecule has 2 N–H and O–H groups in total. The minimum atomic E-state index is -0.963. The lowest BCUT2D eigenvalue weighted by Crippen LogP contribution is -2.28. The van der Waals surface area contributed by atoms with Crippen molar-refractivity contribution in [2.75, 3.05) is 11.1 Å². The summed E-state index contributed by atoms with van der Waals surface area (Å²) in [6, 6.07) is 14.5. The van der Waals surface area contributed by atoms with E-state index in [4.69, 9.17) is 0 Å². The molecule has 4 nitrogen and oxygen atoms in total. The number of nitrogens with one attached hydrogen (secondary N) is 1. The molecule has 1 amide bonds. The number of benzene rings is 2. The predicted molar refractivity (Wildman–Crippen MR) is 103 cm³/mol. The number of carboxylic acid groups (broad SMARTS) is 1.